The first-order valence-corrected chi connectivity index (χ1v) is 7.28. The van der Waals surface area contributed by atoms with Crippen molar-refractivity contribution < 1.29 is 9.84 Å². The van der Waals surface area contributed by atoms with Gasteiger partial charge in [-0.15, -0.1) is 0 Å². The van der Waals surface area contributed by atoms with Gasteiger partial charge in [0.1, 0.15) is 5.75 Å². The summed E-state index contributed by atoms with van der Waals surface area (Å²) in [5.41, 5.74) is 2.68. The standard InChI is InChI=1S/C16H25NO2/c1-12(2)9-15(11-18)17-7-5-13-3-4-16-14(10-13)6-8-19-16/h3-4,10,12,15,17-18H,5-9,11H2,1-2H3. The Morgan fingerprint density at radius 1 is 1.37 bits per heavy atom. The number of ether oxygens (including phenoxy) is 1. The van der Waals surface area contributed by atoms with Gasteiger partial charge in [0.2, 0.25) is 0 Å². The second-order valence-electron chi connectivity index (χ2n) is 5.75. The van der Waals surface area contributed by atoms with Crippen molar-refractivity contribution >= 4 is 0 Å². The molecule has 1 aliphatic rings. The number of hydrogen-bond acceptors (Lipinski definition) is 3. The highest BCUT2D eigenvalue weighted by molar-refractivity contribution is 5.39. The lowest BCUT2D eigenvalue weighted by Gasteiger charge is -2.18. The molecule has 0 aliphatic carbocycles. The molecule has 0 bridgehead atoms. The molecule has 0 saturated carbocycles. The van der Waals surface area contributed by atoms with Crippen LogP contribution in [0.4, 0.5) is 0 Å². The second kappa shape index (κ2) is 6.92. The van der Waals surface area contributed by atoms with Crippen molar-refractivity contribution in [3.63, 3.8) is 0 Å². The molecule has 0 saturated heterocycles. The Morgan fingerprint density at radius 2 is 2.21 bits per heavy atom. The van der Waals surface area contributed by atoms with Crippen molar-refractivity contribution in [1.29, 1.82) is 0 Å². The van der Waals surface area contributed by atoms with Gasteiger partial charge < -0.3 is 15.2 Å². The van der Waals surface area contributed by atoms with E-state index < -0.39 is 0 Å². The molecule has 1 unspecified atom stereocenters. The van der Waals surface area contributed by atoms with Gasteiger partial charge in [-0.1, -0.05) is 26.0 Å². The predicted molar refractivity (Wildman–Crippen MR) is 77.7 cm³/mol. The third kappa shape index (κ3) is 4.22. The van der Waals surface area contributed by atoms with Crippen LogP contribution in [-0.2, 0) is 12.8 Å². The predicted octanol–water partition coefficient (Wildman–Crippen LogP) is 2.16. The fourth-order valence-electron chi connectivity index (χ4n) is 2.61. The highest BCUT2D eigenvalue weighted by Crippen LogP contribution is 2.25. The Kier molecular flexibility index (Phi) is 5.23. The molecule has 2 N–H and O–H groups in total. The van der Waals surface area contributed by atoms with E-state index in [4.69, 9.17) is 4.74 Å². The number of aliphatic hydroxyl groups excluding tert-OH is 1. The third-order valence-corrected chi connectivity index (χ3v) is 3.58. The zero-order valence-electron chi connectivity index (χ0n) is 12.0. The number of benzene rings is 1. The number of hydrogen-bond donors (Lipinski definition) is 2. The Morgan fingerprint density at radius 3 is 2.95 bits per heavy atom. The van der Waals surface area contributed by atoms with Gasteiger partial charge in [0.15, 0.2) is 0 Å². The maximum absolute atomic E-state index is 9.32. The normalized spacial score (nSPS) is 15.4. The van der Waals surface area contributed by atoms with Crippen molar-refractivity contribution in [2.24, 2.45) is 5.92 Å². The van der Waals surface area contributed by atoms with Gasteiger partial charge in [0.25, 0.3) is 0 Å². The molecule has 2 rings (SSSR count). The number of rotatable bonds is 7. The Bertz CT molecular complexity index is 404. The smallest absolute Gasteiger partial charge is 0.122 e. The van der Waals surface area contributed by atoms with E-state index in [0.29, 0.717) is 5.92 Å². The average molecular weight is 263 g/mol. The minimum Gasteiger partial charge on any atom is -0.493 e. The van der Waals surface area contributed by atoms with Crippen LogP contribution < -0.4 is 10.1 Å². The van der Waals surface area contributed by atoms with Gasteiger partial charge in [-0.2, -0.15) is 0 Å². The van der Waals surface area contributed by atoms with Crippen molar-refractivity contribution in [2.75, 3.05) is 19.8 Å². The van der Waals surface area contributed by atoms with Crippen LogP contribution in [-0.4, -0.2) is 30.9 Å². The molecule has 1 atom stereocenters. The average Bonchev–Trinajstić information content (AvgIpc) is 2.84. The molecule has 0 amide bonds. The molecule has 19 heavy (non-hydrogen) atoms. The zero-order chi connectivity index (χ0) is 13.7. The fourth-order valence-corrected chi connectivity index (χ4v) is 2.61. The topological polar surface area (TPSA) is 41.5 Å². The lowest BCUT2D eigenvalue weighted by molar-refractivity contribution is 0.225. The van der Waals surface area contributed by atoms with Gasteiger partial charge in [0, 0.05) is 12.5 Å². The molecule has 0 aromatic heterocycles. The van der Waals surface area contributed by atoms with Crippen LogP contribution in [0.3, 0.4) is 0 Å². The molecule has 1 heterocycles. The Hall–Kier alpha value is -1.06. The molecule has 3 heteroatoms. The van der Waals surface area contributed by atoms with Crippen molar-refractivity contribution in [3.8, 4) is 5.75 Å². The van der Waals surface area contributed by atoms with Crippen LogP contribution >= 0.6 is 0 Å². The maximum atomic E-state index is 9.32. The molecule has 1 aromatic carbocycles. The number of aliphatic hydroxyl groups is 1. The van der Waals surface area contributed by atoms with Gasteiger partial charge in [-0.25, -0.2) is 0 Å². The summed E-state index contributed by atoms with van der Waals surface area (Å²) in [4.78, 5) is 0. The number of fused-ring (bicyclic) bond motifs is 1. The fraction of sp³-hybridized carbons (Fsp3) is 0.625. The number of nitrogens with one attached hydrogen (secondary N) is 1. The summed E-state index contributed by atoms with van der Waals surface area (Å²) in [5, 5.41) is 12.8. The zero-order valence-corrected chi connectivity index (χ0v) is 12.0. The van der Waals surface area contributed by atoms with E-state index in [0.717, 1.165) is 38.2 Å². The van der Waals surface area contributed by atoms with Gasteiger partial charge in [0.05, 0.1) is 13.2 Å². The van der Waals surface area contributed by atoms with Crippen LogP contribution in [0.2, 0.25) is 0 Å². The van der Waals surface area contributed by atoms with Gasteiger partial charge in [-0.05, 0) is 42.5 Å². The summed E-state index contributed by atoms with van der Waals surface area (Å²) < 4.78 is 5.51. The monoisotopic (exact) mass is 263 g/mol. The highest BCUT2D eigenvalue weighted by atomic mass is 16.5. The van der Waals surface area contributed by atoms with Crippen LogP contribution in [0, 0.1) is 5.92 Å². The molecule has 1 aliphatic heterocycles. The summed E-state index contributed by atoms with van der Waals surface area (Å²) in [6, 6.07) is 6.69. The van der Waals surface area contributed by atoms with E-state index in [-0.39, 0.29) is 12.6 Å². The summed E-state index contributed by atoms with van der Waals surface area (Å²) in [6.07, 6.45) is 3.06. The minimum atomic E-state index is 0.218. The molecule has 0 fully saturated rings. The Labute approximate surface area is 116 Å². The van der Waals surface area contributed by atoms with E-state index in [1.54, 1.807) is 0 Å². The van der Waals surface area contributed by atoms with Crippen LogP contribution in [0.25, 0.3) is 0 Å². The Balaban J connectivity index is 1.79. The van der Waals surface area contributed by atoms with Crippen LogP contribution in [0.5, 0.6) is 5.75 Å². The summed E-state index contributed by atoms with van der Waals surface area (Å²) in [5.74, 6) is 1.66. The van der Waals surface area contributed by atoms with E-state index in [9.17, 15) is 5.11 Å². The quantitative estimate of drug-likeness (QED) is 0.792. The maximum Gasteiger partial charge on any atom is 0.122 e. The van der Waals surface area contributed by atoms with Crippen molar-refractivity contribution in [2.45, 2.75) is 39.2 Å². The third-order valence-electron chi connectivity index (χ3n) is 3.58. The molecule has 106 valence electrons. The molecule has 0 spiro atoms. The van der Waals surface area contributed by atoms with E-state index in [2.05, 4.69) is 37.4 Å². The second-order valence-corrected chi connectivity index (χ2v) is 5.75. The van der Waals surface area contributed by atoms with Crippen molar-refractivity contribution in [3.05, 3.63) is 29.3 Å². The van der Waals surface area contributed by atoms with E-state index in [1.165, 1.54) is 11.1 Å². The molecular weight excluding hydrogens is 238 g/mol. The van der Waals surface area contributed by atoms with Gasteiger partial charge >= 0.3 is 0 Å². The lowest BCUT2D eigenvalue weighted by atomic mass is 10.0. The van der Waals surface area contributed by atoms with Gasteiger partial charge in [-0.3, -0.25) is 0 Å². The first kappa shape index (κ1) is 14.4. The first-order valence-electron chi connectivity index (χ1n) is 7.28. The van der Waals surface area contributed by atoms with Crippen molar-refractivity contribution in [1.82, 2.24) is 5.32 Å². The van der Waals surface area contributed by atoms with Crippen LogP contribution in [0.1, 0.15) is 31.4 Å². The van der Waals surface area contributed by atoms with E-state index >= 15 is 0 Å². The molecule has 1 aromatic rings. The van der Waals surface area contributed by atoms with Crippen LogP contribution in [0.15, 0.2) is 18.2 Å². The summed E-state index contributed by atoms with van der Waals surface area (Å²) in [6.45, 7) is 6.32. The molecular formula is C16H25NO2. The highest BCUT2D eigenvalue weighted by Gasteiger charge is 2.12. The largest absolute Gasteiger partial charge is 0.493 e. The summed E-state index contributed by atoms with van der Waals surface area (Å²) >= 11 is 0. The SMILES string of the molecule is CC(C)CC(CO)NCCc1ccc2c(c1)CCO2. The lowest BCUT2D eigenvalue weighted by Crippen LogP contribution is -2.35. The van der Waals surface area contributed by atoms with E-state index in [1.807, 2.05) is 0 Å². The summed E-state index contributed by atoms with van der Waals surface area (Å²) in [7, 11) is 0. The molecule has 3 nitrogen and oxygen atoms in total. The minimum absolute atomic E-state index is 0.218. The molecule has 0 radical (unpaired) electrons. The first-order chi connectivity index (χ1) is 9.19.